The molecule has 13 heteroatoms. The van der Waals surface area contributed by atoms with Crippen LogP contribution in [0.1, 0.15) is 68.1 Å². The average Bonchev–Trinajstić information content (AvgIpc) is 3.51. The molecule has 13 nitrogen and oxygen atoms in total. The van der Waals surface area contributed by atoms with Crippen molar-refractivity contribution in [1.82, 2.24) is 0 Å². The summed E-state index contributed by atoms with van der Waals surface area (Å²) in [5, 5.41) is 33.2. The van der Waals surface area contributed by atoms with Crippen molar-refractivity contribution < 1.29 is 63.0 Å². The summed E-state index contributed by atoms with van der Waals surface area (Å²) in [5.41, 5.74) is -1.69. The summed E-state index contributed by atoms with van der Waals surface area (Å²) >= 11 is 0. The van der Waals surface area contributed by atoms with Crippen molar-refractivity contribution in [3.8, 4) is 22.6 Å². The molecule has 0 unspecified atom stereocenters. The predicted octanol–water partition coefficient (Wildman–Crippen LogP) is 1.64. The summed E-state index contributed by atoms with van der Waals surface area (Å²) < 4.78 is 21.9. The van der Waals surface area contributed by atoms with Crippen LogP contribution in [0.2, 0.25) is 0 Å². The summed E-state index contributed by atoms with van der Waals surface area (Å²) in [7, 11) is 0. The SMILES string of the molecule is C[C@@H]1O[C@H]2CC(=O)O[C@H]2C2=C1C(=O)c1cc(-c3cc(O)c4c(c3)C(=O)C3=C(C4=O)[C@@H]4OC(=O)C[C@@H]4O[C@]3(C)O)cc(O)c1C2=O. The Hall–Kier alpha value is -4.98. The van der Waals surface area contributed by atoms with Crippen LogP contribution < -0.4 is 0 Å². The number of phenolic OH excluding ortho intramolecular Hbond substituents is 2. The van der Waals surface area contributed by atoms with E-state index in [9.17, 15) is 44.1 Å². The first-order chi connectivity index (χ1) is 21.3. The van der Waals surface area contributed by atoms with E-state index in [1.165, 1.54) is 25.1 Å². The molecule has 6 atom stereocenters. The highest BCUT2D eigenvalue weighted by Crippen LogP contribution is 2.48. The Morgan fingerprint density at radius 1 is 0.689 bits per heavy atom. The van der Waals surface area contributed by atoms with Crippen molar-refractivity contribution in [2.24, 2.45) is 0 Å². The van der Waals surface area contributed by atoms with Gasteiger partial charge in [-0.3, -0.25) is 28.8 Å². The number of Topliss-reactive ketones (excluding diaryl/α,β-unsaturated/α-hetero) is 4. The normalized spacial score (nSPS) is 31.6. The van der Waals surface area contributed by atoms with E-state index in [1.54, 1.807) is 6.92 Å². The maximum Gasteiger partial charge on any atom is 0.309 e. The lowest BCUT2D eigenvalue weighted by molar-refractivity contribution is -0.206. The quantitative estimate of drug-likeness (QED) is 0.392. The number of carbonyl (C=O) groups is 6. The standard InChI is InChI=1S/C32H22O13/c1-9-20-23(30-16(42-9)7-18(35)43-30)28(39)21-12(26(20)37)3-10(5-14(21)33)11-4-13-22(15(34)6-11)29(40)24-25(27(13)38)32(2,41)45-17-8-19(36)44-31(17)24/h3-6,9,16-17,30-31,33-34,41H,7-8H2,1-2H3/t9-,16-,17-,30+,31+,32-/m0/s1. The van der Waals surface area contributed by atoms with Crippen molar-refractivity contribution in [3.63, 3.8) is 0 Å². The van der Waals surface area contributed by atoms with Gasteiger partial charge in [0.1, 0.15) is 23.7 Å². The minimum absolute atomic E-state index is 0.000948. The molecule has 0 amide bonds. The molecular weight excluding hydrogens is 592 g/mol. The van der Waals surface area contributed by atoms with Crippen LogP contribution in [0.15, 0.2) is 46.6 Å². The van der Waals surface area contributed by atoms with Crippen LogP contribution in [0.25, 0.3) is 11.1 Å². The third-order valence-corrected chi connectivity index (χ3v) is 9.16. The van der Waals surface area contributed by atoms with Gasteiger partial charge in [0.15, 0.2) is 41.1 Å². The van der Waals surface area contributed by atoms with Crippen molar-refractivity contribution in [2.75, 3.05) is 0 Å². The summed E-state index contributed by atoms with van der Waals surface area (Å²) in [4.78, 5) is 78.9. The number of ketones is 4. The van der Waals surface area contributed by atoms with Gasteiger partial charge in [0.25, 0.3) is 0 Å². The number of fused-ring (bicyclic) bond motifs is 6. The van der Waals surface area contributed by atoms with Gasteiger partial charge in [-0.1, -0.05) is 0 Å². The third-order valence-electron chi connectivity index (χ3n) is 9.16. The molecule has 6 aliphatic rings. The van der Waals surface area contributed by atoms with E-state index in [2.05, 4.69) is 0 Å². The van der Waals surface area contributed by atoms with Crippen molar-refractivity contribution in [3.05, 3.63) is 68.8 Å². The Morgan fingerprint density at radius 2 is 1.20 bits per heavy atom. The first kappa shape index (κ1) is 27.6. The monoisotopic (exact) mass is 614 g/mol. The lowest BCUT2D eigenvalue weighted by Crippen LogP contribution is -2.51. The Balaban J connectivity index is 1.24. The number of phenols is 2. The summed E-state index contributed by atoms with van der Waals surface area (Å²) in [6.07, 6.45) is -5.26. The summed E-state index contributed by atoms with van der Waals surface area (Å²) in [6.45, 7) is 2.74. The Morgan fingerprint density at radius 3 is 1.80 bits per heavy atom. The fourth-order valence-electron chi connectivity index (χ4n) is 7.34. The van der Waals surface area contributed by atoms with Gasteiger partial charge in [-0.15, -0.1) is 0 Å². The fraction of sp³-hybridized carbons (Fsp3) is 0.312. The number of benzene rings is 2. The Kier molecular flexibility index (Phi) is 5.39. The number of esters is 2. The van der Waals surface area contributed by atoms with Gasteiger partial charge >= 0.3 is 11.9 Å². The number of hydrogen-bond acceptors (Lipinski definition) is 13. The zero-order chi connectivity index (χ0) is 31.9. The van der Waals surface area contributed by atoms with Gasteiger partial charge < -0.3 is 34.3 Å². The van der Waals surface area contributed by atoms with E-state index in [0.29, 0.717) is 0 Å². The van der Waals surface area contributed by atoms with Gasteiger partial charge in [0.05, 0.1) is 46.8 Å². The third kappa shape index (κ3) is 3.59. The van der Waals surface area contributed by atoms with E-state index >= 15 is 0 Å². The predicted molar refractivity (Wildman–Crippen MR) is 145 cm³/mol. The number of aromatic hydroxyl groups is 2. The minimum atomic E-state index is -2.26. The summed E-state index contributed by atoms with van der Waals surface area (Å²) in [5.74, 6) is -7.72. The van der Waals surface area contributed by atoms with E-state index in [1.807, 2.05) is 0 Å². The Labute approximate surface area is 252 Å². The number of rotatable bonds is 1. The van der Waals surface area contributed by atoms with E-state index in [4.69, 9.17) is 18.9 Å². The molecule has 0 radical (unpaired) electrons. The van der Waals surface area contributed by atoms with E-state index < -0.39 is 88.5 Å². The molecule has 2 saturated heterocycles. The zero-order valence-corrected chi connectivity index (χ0v) is 23.5. The number of hydrogen-bond donors (Lipinski definition) is 3. The van der Waals surface area contributed by atoms with Gasteiger partial charge in [0.2, 0.25) is 0 Å². The second kappa shape index (κ2) is 8.81. The lowest BCUT2D eigenvalue weighted by Gasteiger charge is -2.40. The van der Waals surface area contributed by atoms with Crippen LogP contribution in [-0.2, 0) is 28.5 Å². The molecule has 3 N–H and O–H groups in total. The molecule has 0 bridgehead atoms. The van der Waals surface area contributed by atoms with Gasteiger partial charge in [0, 0.05) is 16.7 Å². The molecule has 0 spiro atoms. The molecule has 228 valence electrons. The largest absolute Gasteiger partial charge is 0.507 e. The molecular formula is C32H22O13. The van der Waals surface area contributed by atoms with Crippen molar-refractivity contribution in [2.45, 2.75) is 63.0 Å². The fourth-order valence-corrected chi connectivity index (χ4v) is 7.34. The molecule has 4 aliphatic heterocycles. The van der Waals surface area contributed by atoms with Gasteiger partial charge in [-0.2, -0.15) is 0 Å². The zero-order valence-electron chi connectivity index (χ0n) is 23.5. The molecule has 2 aromatic rings. The van der Waals surface area contributed by atoms with Crippen LogP contribution in [0, 0.1) is 0 Å². The van der Waals surface area contributed by atoms with Crippen LogP contribution in [0.5, 0.6) is 11.5 Å². The van der Waals surface area contributed by atoms with E-state index in [-0.39, 0.29) is 62.9 Å². The smallest absolute Gasteiger partial charge is 0.309 e. The highest BCUT2D eigenvalue weighted by molar-refractivity contribution is 6.30. The highest BCUT2D eigenvalue weighted by atomic mass is 16.7. The molecule has 4 heterocycles. The van der Waals surface area contributed by atoms with Gasteiger partial charge in [-0.25, -0.2) is 0 Å². The number of aliphatic hydroxyl groups is 1. The summed E-state index contributed by atoms with van der Waals surface area (Å²) in [6, 6.07) is 4.88. The van der Waals surface area contributed by atoms with E-state index in [0.717, 1.165) is 6.07 Å². The number of carbonyl (C=O) groups excluding carboxylic acids is 6. The van der Waals surface area contributed by atoms with Crippen molar-refractivity contribution in [1.29, 1.82) is 0 Å². The second-order valence-electron chi connectivity index (χ2n) is 12.0. The lowest BCUT2D eigenvalue weighted by atomic mass is 9.74. The molecule has 8 rings (SSSR count). The highest BCUT2D eigenvalue weighted by Gasteiger charge is 2.56. The maximum absolute atomic E-state index is 13.8. The first-order valence-electron chi connectivity index (χ1n) is 14.1. The van der Waals surface area contributed by atoms with Crippen molar-refractivity contribution >= 4 is 35.1 Å². The van der Waals surface area contributed by atoms with Crippen LogP contribution in [-0.4, -0.2) is 86.7 Å². The molecule has 0 aromatic heterocycles. The van der Waals surface area contributed by atoms with Crippen LogP contribution in [0.4, 0.5) is 0 Å². The first-order valence-corrected chi connectivity index (χ1v) is 14.1. The van der Waals surface area contributed by atoms with Crippen LogP contribution in [0.3, 0.4) is 0 Å². The molecule has 2 aromatic carbocycles. The second-order valence-corrected chi connectivity index (χ2v) is 12.0. The molecule has 2 aliphatic carbocycles. The topological polar surface area (TPSA) is 200 Å². The minimum Gasteiger partial charge on any atom is -0.507 e. The van der Waals surface area contributed by atoms with Gasteiger partial charge in [-0.05, 0) is 49.2 Å². The molecule has 2 fully saturated rings. The van der Waals surface area contributed by atoms with Crippen LogP contribution >= 0.6 is 0 Å². The molecule has 45 heavy (non-hydrogen) atoms. The number of ether oxygens (including phenoxy) is 4. The average molecular weight is 615 g/mol. The Bertz CT molecular complexity index is 1960. The molecule has 0 saturated carbocycles. The maximum atomic E-state index is 13.8.